The topological polar surface area (TPSA) is 34.2 Å². The van der Waals surface area contributed by atoms with Crippen molar-refractivity contribution in [1.82, 2.24) is 9.47 Å². The van der Waals surface area contributed by atoms with Crippen molar-refractivity contribution in [3.8, 4) is 0 Å². The third-order valence-corrected chi connectivity index (χ3v) is 4.27. The number of aromatic nitrogens is 1. The summed E-state index contributed by atoms with van der Waals surface area (Å²) >= 11 is 0. The number of aryl methyl sites for hydroxylation is 2. The molecule has 3 heteroatoms. The zero-order valence-corrected chi connectivity index (χ0v) is 11.9. The van der Waals surface area contributed by atoms with Crippen LogP contribution < -0.4 is 5.73 Å². The van der Waals surface area contributed by atoms with E-state index < -0.39 is 0 Å². The Morgan fingerprint density at radius 3 is 2.74 bits per heavy atom. The van der Waals surface area contributed by atoms with Gasteiger partial charge < -0.3 is 10.3 Å². The van der Waals surface area contributed by atoms with Crippen molar-refractivity contribution in [2.45, 2.75) is 33.4 Å². The minimum atomic E-state index is 0.789. The first-order valence-corrected chi connectivity index (χ1v) is 7.21. The fourth-order valence-corrected chi connectivity index (χ4v) is 3.19. The summed E-state index contributed by atoms with van der Waals surface area (Å²) in [5.74, 6) is 0. The van der Waals surface area contributed by atoms with Crippen molar-refractivity contribution in [2.75, 3.05) is 19.6 Å². The van der Waals surface area contributed by atoms with E-state index in [0.717, 1.165) is 39.1 Å². The highest BCUT2D eigenvalue weighted by atomic mass is 15.2. The van der Waals surface area contributed by atoms with Crippen LogP contribution in [-0.4, -0.2) is 29.1 Å². The summed E-state index contributed by atoms with van der Waals surface area (Å²) in [6.45, 7) is 9.65. The Hall–Kier alpha value is -1.32. The Morgan fingerprint density at radius 2 is 1.95 bits per heavy atom. The predicted molar refractivity (Wildman–Crippen MR) is 80.4 cm³/mol. The summed E-state index contributed by atoms with van der Waals surface area (Å²) in [6.07, 6.45) is 1.10. The maximum atomic E-state index is 5.61. The minimum Gasteiger partial charge on any atom is -0.342 e. The van der Waals surface area contributed by atoms with E-state index in [2.05, 4.69) is 41.5 Å². The van der Waals surface area contributed by atoms with Gasteiger partial charge in [-0.1, -0.05) is 12.1 Å². The average molecular weight is 257 g/mol. The molecular weight excluding hydrogens is 234 g/mol. The lowest BCUT2D eigenvalue weighted by atomic mass is 10.1. The smallest absolute Gasteiger partial charge is 0.0515 e. The van der Waals surface area contributed by atoms with Crippen LogP contribution in [0, 0.1) is 13.8 Å². The molecule has 19 heavy (non-hydrogen) atoms. The van der Waals surface area contributed by atoms with Gasteiger partial charge in [0, 0.05) is 30.7 Å². The first-order chi connectivity index (χ1) is 9.20. The highest BCUT2D eigenvalue weighted by Gasteiger charge is 2.19. The molecule has 2 aromatic rings. The molecule has 2 N–H and O–H groups in total. The van der Waals surface area contributed by atoms with E-state index in [1.807, 2.05) is 0 Å². The van der Waals surface area contributed by atoms with Crippen molar-refractivity contribution in [3.05, 3.63) is 35.0 Å². The van der Waals surface area contributed by atoms with Crippen molar-refractivity contribution in [3.63, 3.8) is 0 Å². The Balaban J connectivity index is 1.98. The number of rotatable bonds is 3. The van der Waals surface area contributed by atoms with Crippen molar-refractivity contribution in [1.29, 1.82) is 0 Å². The van der Waals surface area contributed by atoms with Crippen LogP contribution in [0.25, 0.3) is 10.9 Å². The quantitative estimate of drug-likeness (QED) is 0.916. The van der Waals surface area contributed by atoms with Gasteiger partial charge in [0.2, 0.25) is 0 Å². The molecule has 0 fully saturated rings. The standard InChI is InChI=1S/C16H23N3/c1-12-4-5-13(2)16-15(12)10-14-11-18(7-3-6-17)8-9-19(14)16/h4-5,10H,3,6-9,11,17H2,1-2H3. The molecular formula is C16H23N3. The maximum absolute atomic E-state index is 5.61. The lowest BCUT2D eigenvalue weighted by molar-refractivity contribution is 0.222. The fraction of sp³-hybridized carbons (Fsp3) is 0.500. The Labute approximate surface area is 115 Å². The number of hydrogen-bond acceptors (Lipinski definition) is 2. The first-order valence-electron chi connectivity index (χ1n) is 7.21. The summed E-state index contributed by atoms with van der Waals surface area (Å²) in [5, 5.41) is 1.43. The molecule has 0 radical (unpaired) electrons. The SMILES string of the molecule is Cc1ccc(C)c2c1cc1n2CCN(CCCN)C1. The second-order valence-electron chi connectivity index (χ2n) is 5.67. The third kappa shape index (κ3) is 2.17. The van der Waals surface area contributed by atoms with Crippen LogP contribution in [0.4, 0.5) is 0 Å². The molecule has 0 spiro atoms. The van der Waals surface area contributed by atoms with E-state index in [1.54, 1.807) is 0 Å². The van der Waals surface area contributed by atoms with Crippen LogP contribution >= 0.6 is 0 Å². The van der Waals surface area contributed by atoms with Gasteiger partial charge in [0.25, 0.3) is 0 Å². The number of fused-ring (bicyclic) bond motifs is 3. The zero-order valence-electron chi connectivity index (χ0n) is 11.9. The zero-order chi connectivity index (χ0) is 13.4. The molecule has 1 aromatic carbocycles. The highest BCUT2D eigenvalue weighted by Crippen LogP contribution is 2.29. The van der Waals surface area contributed by atoms with Crippen LogP contribution in [0.3, 0.4) is 0 Å². The summed E-state index contributed by atoms with van der Waals surface area (Å²) in [6, 6.07) is 6.86. The summed E-state index contributed by atoms with van der Waals surface area (Å²) < 4.78 is 2.51. The number of nitrogens with zero attached hydrogens (tertiary/aromatic N) is 2. The molecule has 0 bridgehead atoms. The van der Waals surface area contributed by atoms with E-state index in [0.29, 0.717) is 0 Å². The molecule has 2 heterocycles. The molecule has 1 aromatic heterocycles. The van der Waals surface area contributed by atoms with Crippen molar-refractivity contribution in [2.24, 2.45) is 5.73 Å². The first kappa shape index (κ1) is 12.7. The molecule has 0 saturated heterocycles. The van der Waals surface area contributed by atoms with Gasteiger partial charge in [0.1, 0.15) is 0 Å². The van der Waals surface area contributed by atoms with Crippen LogP contribution in [0.15, 0.2) is 18.2 Å². The molecule has 3 rings (SSSR count). The van der Waals surface area contributed by atoms with Crippen LogP contribution in [0.1, 0.15) is 23.2 Å². The monoisotopic (exact) mass is 257 g/mol. The Kier molecular flexibility index (Phi) is 3.33. The summed E-state index contributed by atoms with van der Waals surface area (Å²) in [4.78, 5) is 2.52. The number of hydrogen-bond donors (Lipinski definition) is 1. The van der Waals surface area contributed by atoms with E-state index >= 15 is 0 Å². The van der Waals surface area contributed by atoms with Gasteiger partial charge in [-0.05, 0) is 50.6 Å². The van der Waals surface area contributed by atoms with Gasteiger partial charge in [-0.15, -0.1) is 0 Å². The largest absolute Gasteiger partial charge is 0.342 e. The molecule has 102 valence electrons. The van der Waals surface area contributed by atoms with Gasteiger partial charge in [0.15, 0.2) is 0 Å². The fourth-order valence-electron chi connectivity index (χ4n) is 3.19. The van der Waals surface area contributed by atoms with Crippen LogP contribution in [0.2, 0.25) is 0 Å². The van der Waals surface area contributed by atoms with E-state index in [4.69, 9.17) is 5.73 Å². The molecule has 0 amide bonds. The van der Waals surface area contributed by atoms with Crippen LogP contribution in [-0.2, 0) is 13.1 Å². The molecule has 1 aliphatic rings. The molecule has 0 atom stereocenters. The lowest BCUT2D eigenvalue weighted by Crippen LogP contribution is -2.34. The van der Waals surface area contributed by atoms with E-state index in [-0.39, 0.29) is 0 Å². The highest BCUT2D eigenvalue weighted by molar-refractivity contribution is 5.87. The second-order valence-corrected chi connectivity index (χ2v) is 5.67. The van der Waals surface area contributed by atoms with Gasteiger partial charge in [-0.25, -0.2) is 0 Å². The molecule has 3 nitrogen and oxygen atoms in total. The van der Waals surface area contributed by atoms with Crippen molar-refractivity contribution < 1.29 is 0 Å². The van der Waals surface area contributed by atoms with Crippen LogP contribution in [0.5, 0.6) is 0 Å². The van der Waals surface area contributed by atoms with Crippen molar-refractivity contribution >= 4 is 10.9 Å². The Morgan fingerprint density at radius 1 is 1.16 bits per heavy atom. The summed E-state index contributed by atoms with van der Waals surface area (Å²) in [7, 11) is 0. The second kappa shape index (κ2) is 4.99. The third-order valence-electron chi connectivity index (χ3n) is 4.27. The lowest BCUT2D eigenvalue weighted by Gasteiger charge is -2.29. The molecule has 0 saturated carbocycles. The number of nitrogens with two attached hydrogens (primary N) is 1. The van der Waals surface area contributed by atoms with E-state index in [1.165, 1.54) is 27.7 Å². The maximum Gasteiger partial charge on any atom is 0.0515 e. The normalized spacial score (nSPS) is 15.9. The predicted octanol–water partition coefficient (Wildman–Crippen LogP) is 2.42. The van der Waals surface area contributed by atoms with Gasteiger partial charge in [0.05, 0.1) is 5.52 Å². The van der Waals surface area contributed by atoms with Gasteiger partial charge in [-0.2, -0.15) is 0 Å². The van der Waals surface area contributed by atoms with Gasteiger partial charge >= 0.3 is 0 Å². The molecule has 1 aliphatic heterocycles. The molecule has 0 aliphatic carbocycles. The minimum absolute atomic E-state index is 0.789. The average Bonchev–Trinajstić information content (AvgIpc) is 2.80. The van der Waals surface area contributed by atoms with E-state index in [9.17, 15) is 0 Å². The Bertz CT molecular complexity index is 598. The molecule has 0 unspecified atom stereocenters. The van der Waals surface area contributed by atoms with Gasteiger partial charge in [-0.3, -0.25) is 4.90 Å². The summed E-state index contributed by atoms with van der Waals surface area (Å²) in [5.41, 5.74) is 11.3. The number of benzene rings is 1.